The van der Waals surface area contributed by atoms with Crippen LogP contribution in [0.2, 0.25) is 0 Å². The molecular formula is C14H21NO3. The molecule has 1 aliphatic rings. The van der Waals surface area contributed by atoms with Gasteiger partial charge >= 0.3 is 0 Å². The molecule has 0 radical (unpaired) electrons. The fraction of sp³-hybridized carbons (Fsp3) is 0.571. The lowest BCUT2D eigenvalue weighted by Gasteiger charge is -2.46. The highest BCUT2D eigenvalue weighted by atomic mass is 16.5. The third-order valence-corrected chi connectivity index (χ3v) is 3.86. The van der Waals surface area contributed by atoms with Gasteiger partial charge in [0.05, 0.1) is 31.8 Å². The fourth-order valence-electron chi connectivity index (χ4n) is 2.62. The summed E-state index contributed by atoms with van der Waals surface area (Å²) in [7, 11) is 1.67. The Kier molecular flexibility index (Phi) is 3.61. The molecule has 1 aliphatic heterocycles. The second kappa shape index (κ2) is 4.88. The maximum atomic E-state index is 10.2. The van der Waals surface area contributed by atoms with Gasteiger partial charge in [-0.15, -0.1) is 0 Å². The van der Waals surface area contributed by atoms with Gasteiger partial charge in [0, 0.05) is 6.54 Å². The summed E-state index contributed by atoms with van der Waals surface area (Å²) < 4.78 is 10.6. The third-order valence-electron chi connectivity index (χ3n) is 3.86. The molecule has 1 aromatic rings. The molecule has 18 heavy (non-hydrogen) atoms. The van der Waals surface area contributed by atoms with Crippen molar-refractivity contribution in [3.63, 3.8) is 0 Å². The van der Waals surface area contributed by atoms with Crippen LogP contribution < -0.4 is 10.5 Å². The summed E-state index contributed by atoms with van der Waals surface area (Å²) in [6, 6.07) is 4.09. The summed E-state index contributed by atoms with van der Waals surface area (Å²) >= 11 is 0. The molecule has 1 atom stereocenters. The maximum absolute atomic E-state index is 10.2. The number of benzene rings is 1. The van der Waals surface area contributed by atoms with Gasteiger partial charge in [-0.1, -0.05) is 6.07 Å². The SMILES string of the molecule is COc1cc(C)c(C2(C(O)CN)COC2)cc1C. The molecule has 1 heterocycles. The molecule has 4 heteroatoms. The number of hydrogen-bond donors (Lipinski definition) is 2. The zero-order valence-corrected chi connectivity index (χ0v) is 11.2. The average molecular weight is 251 g/mol. The average Bonchev–Trinajstić information content (AvgIpc) is 2.31. The number of ether oxygens (including phenoxy) is 2. The van der Waals surface area contributed by atoms with E-state index in [2.05, 4.69) is 6.07 Å². The van der Waals surface area contributed by atoms with Crippen LogP contribution in [0.25, 0.3) is 0 Å². The van der Waals surface area contributed by atoms with E-state index in [4.69, 9.17) is 15.2 Å². The first-order chi connectivity index (χ1) is 8.55. The Morgan fingerprint density at radius 3 is 2.50 bits per heavy atom. The molecule has 1 fully saturated rings. The normalized spacial score (nSPS) is 19.2. The second-order valence-corrected chi connectivity index (χ2v) is 5.04. The zero-order chi connectivity index (χ0) is 13.3. The Morgan fingerprint density at radius 2 is 2.06 bits per heavy atom. The topological polar surface area (TPSA) is 64.7 Å². The lowest BCUT2D eigenvalue weighted by atomic mass is 9.71. The summed E-state index contributed by atoms with van der Waals surface area (Å²) in [6.45, 7) is 5.33. The van der Waals surface area contributed by atoms with E-state index in [-0.39, 0.29) is 12.0 Å². The van der Waals surface area contributed by atoms with Gasteiger partial charge in [-0.25, -0.2) is 0 Å². The number of aliphatic hydroxyl groups excluding tert-OH is 1. The highest BCUT2D eigenvalue weighted by Gasteiger charge is 2.47. The zero-order valence-electron chi connectivity index (χ0n) is 11.2. The van der Waals surface area contributed by atoms with Crippen molar-refractivity contribution in [3.05, 3.63) is 28.8 Å². The Morgan fingerprint density at radius 1 is 1.39 bits per heavy atom. The van der Waals surface area contributed by atoms with Gasteiger partial charge in [0.25, 0.3) is 0 Å². The molecule has 0 amide bonds. The largest absolute Gasteiger partial charge is 0.496 e. The van der Waals surface area contributed by atoms with Gasteiger partial charge in [-0.05, 0) is 36.6 Å². The smallest absolute Gasteiger partial charge is 0.122 e. The number of aliphatic hydroxyl groups is 1. The van der Waals surface area contributed by atoms with E-state index >= 15 is 0 Å². The molecule has 1 unspecified atom stereocenters. The van der Waals surface area contributed by atoms with Crippen molar-refractivity contribution >= 4 is 0 Å². The first kappa shape index (κ1) is 13.3. The van der Waals surface area contributed by atoms with Crippen LogP contribution >= 0.6 is 0 Å². The van der Waals surface area contributed by atoms with Gasteiger partial charge in [-0.2, -0.15) is 0 Å². The van der Waals surface area contributed by atoms with E-state index in [0.717, 1.165) is 22.4 Å². The number of methoxy groups -OCH3 is 1. The van der Waals surface area contributed by atoms with E-state index in [1.165, 1.54) is 0 Å². The van der Waals surface area contributed by atoms with Crippen molar-refractivity contribution in [2.24, 2.45) is 5.73 Å². The summed E-state index contributed by atoms with van der Waals surface area (Å²) in [5, 5.41) is 10.2. The fourth-order valence-corrected chi connectivity index (χ4v) is 2.62. The van der Waals surface area contributed by atoms with Gasteiger partial charge in [0.15, 0.2) is 0 Å². The molecule has 100 valence electrons. The monoisotopic (exact) mass is 251 g/mol. The summed E-state index contributed by atoms with van der Waals surface area (Å²) in [5.41, 5.74) is 8.55. The summed E-state index contributed by atoms with van der Waals surface area (Å²) in [6.07, 6.45) is -0.572. The van der Waals surface area contributed by atoms with Crippen LogP contribution in [0, 0.1) is 13.8 Å². The number of hydrogen-bond acceptors (Lipinski definition) is 4. The van der Waals surface area contributed by atoms with Gasteiger partial charge in [-0.3, -0.25) is 0 Å². The quantitative estimate of drug-likeness (QED) is 0.834. The molecular weight excluding hydrogens is 230 g/mol. The highest BCUT2D eigenvalue weighted by molar-refractivity contribution is 5.46. The van der Waals surface area contributed by atoms with Gasteiger partial charge in [0.1, 0.15) is 5.75 Å². The minimum atomic E-state index is -0.572. The molecule has 0 aliphatic carbocycles. The Labute approximate surface area is 108 Å². The van der Waals surface area contributed by atoms with Crippen LogP contribution in [0.5, 0.6) is 5.75 Å². The first-order valence-electron chi connectivity index (χ1n) is 6.16. The van der Waals surface area contributed by atoms with Crippen molar-refractivity contribution in [1.82, 2.24) is 0 Å². The molecule has 0 bridgehead atoms. The van der Waals surface area contributed by atoms with Crippen LogP contribution in [-0.2, 0) is 10.2 Å². The van der Waals surface area contributed by atoms with Crippen LogP contribution in [0.4, 0.5) is 0 Å². The number of aryl methyl sites for hydroxylation is 2. The Balaban J connectivity index is 2.46. The van der Waals surface area contributed by atoms with E-state index in [1.54, 1.807) is 7.11 Å². The van der Waals surface area contributed by atoms with Crippen molar-refractivity contribution in [2.75, 3.05) is 26.9 Å². The lowest BCUT2D eigenvalue weighted by Crippen LogP contribution is -2.58. The molecule has 4 nitrogen and oxygen atoms in total. The van der Waals surface area contributed by atoms with Gasteiger partial charge in [0.2, 0.25) is 0 Å². The standard InChI is InChI=1S/C14H21NO3/c1-9-5-12(17-3)10(2)4-11(9)14(7-18-8-14)13(16)6-15/h4-5,13,16H,6-8,15H2,1-3H3. The van der Waals surface area contributed by atoms with Crippen molar-refractivity contribution in [3.8, 4) is 5.75 Å². The number of nitrogens with two attached hydrogens (primary N) is 1. The molecule has 3 N–H and O–H groups in total. The van der Waals surface area contributed by atoms with Crippen molar-refractivity contribution in [1.29, 1.82) is 0 Å². The Bertz CT molecular complexity index is 441. The molecule has 0 aromatic heterocycles. The molecule has 1 aromatic carbocycles. The van der Waals surface area contributed by atoms with Crippen molar-refractivity contribution < 1.29 is 14.6 Å². The number of rotatable bonds is 4. The maximum Gasteiger partial charge on any atom is 0.122 e. The molecule has 1 saturated heterocycles. The van der Waals surface area contributed by atoms with Crippen LogP contribution in [0.3, 0.4) is 0 Å². The van der Waals surface area contributed by atoms with E-state index in [9.17, 15) is 5.11 Å². The minimum Gasteiger partial charge on any atom is -0.496 e. The lowest BCUT2D eigenvalue weighted by molar-refractivity contribution is -0.117. The van der Waals surface area contributed by atoms with Crippen LogP contribution in [0.15, 0.2) is 12.1 Å². The molecule has 2 rings (SSSR count). The predicted molar refractivity (Wildman–Crippen MR) is 70.0 cm³/mol. The predicted octanol–water partition coefficient (Wildman–Crippen LogP) is 0.900. The highest BCUT2D eigenvalue weighted by Crippen LogP contribution is 2.39. The Hall–Kier alpha value is -1.10. The van der Waals surface area contributed by atoms with E-state index in [1.807, 2.05) is 19.9 Å². The van der Waals surface area contributed by atoms with Crippen LogP contribution in [0.1, 0.15) is 16.7 Å². The second-order valence-electron chi connectivity index (χ2n) is 5.04. The minimum absolute atomic E-state index is 0.244. The van der Waals surface area contributed by atoms with Crippen molar-refractivity contribution in [2.45, 2.75) is 25.4 Å². The van der Waals surface area contributed by atoms with E-state index < -0.39 is 6.10 Å². The summed E-state index contributed by atoms with van der Waals surface area (Å²) in [5.74, 6) is 0.869. The first-order valence-corrected chi connectivity index (χ1v) is 6.16. The third kappa shape index (κ3) is 1.90. The van der Waals surface area contributed by atoms with Gasteiger partial charge < -0.3 is 20.3 Å². The molecule has 0 spiro atoms. The van der Waals surface area contributed by atoms with E-state index in [0.29, 0.717) is 13.2 Å². The molecule has 0 saturated carbocycles. The van der Waals surface area contributed by atoms with Crippen LogP contribution in [-0.4, -0.2) is 38.1 Å². The summed E-state index contributed by atoms with van der Waals surface area (Å²) in [4.78, 5) is 0.